The van der Waals surface area contributed by atoms with Crippen molar-refractivity contribution in [2.75, 3.05) is 0 Å². The molecule has 0 amide bonds. The molecule has 1 atom stereocenters. The van der Waals surface area contributed by atoms with Crippen molar-refractivity contribution in [3.05, 3.63) is 34.3 Å². The summed E-state index contributed by atoms with van der Waals surface area (Å²) < 4.78 is 7.69. The largest absolute Gasteiger partial charge is 0.399 e. The second kappa shape index (κ2) is 9.80. The van der Waals surface area contributed by atoms with Gasteiger partial charge in [-0.2, -0.15) is 0 Å². The lowest BCUT2D eigenvalue weighted by molar-refractivity contribution is 0.238. The molecule has 0 aliphatic heterocycles. The van der Waals surface area contributed by atoms with E-state index in [0.29, 0.717) is 0 Å². The molecule has 0 saturated carbocycles. The molecule has 0 N–H and O–H groups in total. The summed E-state index contributed by atoms with van der Waals surface area (Å²) in [5.41, 5.74) is 1.15. The van der Waals surface area contributed by atoms with Crippen molar-refractivity contribution in [1.29, 1.82) is 0 Å². The SMILES string of the molecule is CCCCCCC#CC(O[Si](C)(C)C(C)(C)C)c1cccc(Br)c1. The minimum absolute atomic E-state index is 0.130. The molecule has 1 rings (SSSR count). The van der Waals surface area contributed by atoms with Crippen LogP contribution in [0.5, 0.6) is 0 Å². The zero-order valence-corrected chi connectivity index (χ0v) is 18.8. The Bertz CT molecular complexity index is 563. The summed E-state index contributed by atoms with van der Waals surface area (Å²) in [4.78, 5) is 0. The van der Waals surface area contributed by atoms with Crippen molar-refractivity contribution in [2.45, 2.75) is 84.0 Å². The third-order valence-electron chi connectivity index (χ3n) is 4.76. The summed E-state index contributed by atoms with van der Waals surface area (Å²) in [5, 5.41) is 0.181. The maximum Gasteiger partial charge on any atom is 0.194 e. The minimum atomic E-state index is -1.87. The van der Waals surface area contributed by atoms with E-state index in [0.717, 1.165) is 16.5 Å². The summed E-state index contributed by atoms with van der Waals surface area (Å²) in [6, 6.07) is 8.35. The van der Waals surface area contributed by atoms with E-state index in [1.54, 1.807) is 0 Å². The van der Waals surface area contributed by atoms with Crippen LogP contribution in [0.15, 0.2) is 28.7 Å². The first kappa shape index (κ1) is 21.5. The zero-order valence-electron chi connectivity index (χ0n) is 16.2. The van der Waals surface area contributed by atoms with Gasteiger partial charge in [-0.15, -0.1) is 5.92 Å². The van der Waals surface area contributed by atoms with Crippen molar-refractivity contribution in [3.8, 4) is 11.8 Å². The smallest absolute Gasteiger partial charge is 0.194 e. The van der Waals surface area contributed by atoms with Gasteiger partial charge in [0.05, 0.1) is 0 Å². The number of hydrogen-bond donors (Lipinski definition) is 0. The number of hydrogen-bond acceptors (Lipinski definition) is 1. The molecule has 0 fully saturated rings. The lowest BCUT2D eigenvalue weighted by atomic mass is 10.1. The Morgan fingerprint density at radius 1 is 1.17 bits per heavy atom. The highest BCUT2D eigenvalue weighted by atomic mass is 79.9. The van der Waals surface area contributed by atoms with E-state index in [2.05, 4.69) is 86.8 Å². The van der Waals surface area contributed by atoms with Gasteiger partial charge in [-0.3, -0.25) is 0 Å². The molecular weight excluding hydrogens is 376 g/mol. The second-order valence-corrected chi connectivity index (χ2v) is 13.6. The molecule has 0 aromatic heterocycles. The summed E-state index contributed by atoms with van der Waals surface area (Å²) >= 11 is 3.57. The Kier molecular flexibility index (Phi) is 8.77. The van der Waals surface area contributed by atoms with Crippen LogP contribution < -0.4 is 0 Å². The Morgan fingerprint density at radius 2 is 1.88 bits per heavy atom. The third-order valence-corrected chi connectivity index (χ3v) is 9.69. The minimum Gasteiger partial charge on any atom is -0.399 e. The van der Waals surface area contributed by atoms with Gasteiger partial charge >= 0.3 is 0 Å². The zero-order chi connectivity index (χ0) is 18.2. The fourth-order valence-electron chi connectivity index (χ4n) is 2.13. The highest BCUT2D eigenvalue weighted by molar-refractivity contribution is 9.10. The first-order valence-electron chi connectivity index (χ1n) is 9.09. The van der Waals surface area contributed by atoms with E-state index in [-0.39, 0.29) is 11.1 Å². The normalized spacial score (nSPS) is 13.3. The fraction of sp³-hybridized carbons (Fsp3) is 0.619. The van der Waals surface area contributed by atoms with Gasteiger partial charge in [-0.25, -0.2) is 0 Å². The van der Waals surface area contributed by atoms with E-state index < -0.39 is 8.32 Å². The predicted octanol–water partition coefficient (Wildman–Crippen LogP) is 7.49. The molecular formula is C21H33BrOSi. The van der Waals surface area contributed by atoms with E-state index in [4.69, 9.17) is 4.43 Å². The van der Waals surface area contributed by atoms with Gasteiger partial charge in [0.1, 0.15) is 6.10 Å². The van der Waals surface area contributed by atoms with Gasteiger partial charge in [0.2, 0.25) is 0 Å². The molecule has 3 heteroatoms. The summed E-state index contributed by atoms with van der Waals surface area (Å²) in [6.45, 7) is 13.6. The molecule has 0 spiro atoms. The standard InChI is InChI=1S/C21H33BrOSi/c1-7-8-9-10-11-12-16-20(18-14-13-15-19(22)17-18)23-24(5,6)21(2,3)4/h13-15,17,20H,7-11H2,1-6H3. The Balaban J connectivity index is 2.91. The molecule has 24 heavy (non-hydrogen) atoms. The van der Waals surface area contributed by atoms with Gasteiger partial charge in [0.25, 0.3) is 0 Å². The average molecular weight is 409 g/mol. The maximum atomic E-state index is 6.62. The Morgan fingerprint density at radius 3 is 2.46 bits per heavy atom. The average Bonchev–Trinajstić information content (AvgIpc) is 2.48. The van der Waals surface area contributed by atoms with Crippen LogP contribution in [0.1, 0.15) is 71.5 Å². The molecule has 1 nitrogen and oxygen atoms in total. The van der Waals surface area contributed by atoms with Gasteiger partial charge in [0.15, 0.2) is 8.32 Å². The molecule has 134 valence electrons. The molecule has 0 heterocycles. The topological polar surface area (TPSA) is 9.23 Å². The van der Waals surface area contributed by atoms with Crippen LogP contribution in [0.3, 0.4) is 0 Å². The van der Waals surface area contributed by atoms with Gasteiger partial charge in [0, 0.05) is 10.9 Å². The molecule has 0 radical (unpaired) electrons. The summed E-state index contributed by atoms with van der Waals surface area (Å²) in [5.74, 6) is 6.78. The molecule has 0 aliphatic carbocycles. The van der Waals surface area contributed by atoms with Crippen molar-refractivity contribution >= 4 is 24.2 Å². The second-order valence-electron chi connectivity index (χ2n) is 7.94. The lowest BCUT2D eigenvalue weighted by Crippen LogP contribution is -2.41. The van der Waals surface area contributed by atoms with E-state index in [1.807, 2.05) is 6.07 Å². The van der Waals surface area contributed by atoms with Crippen molar-refractivity contribution < 1.29 is 4.43 Å². The highest BCUT2D eigenvalue weighted by Gasteiger charge is 2.39. The van der Waals surface area contributed by atoms with Gasteiger partial charge in [-0.1, -0.05) is 80.9 Å². The molecule has 0 bridgehead atoms. The van der Waals surface area contributed by atoms with Crippen LogP contribution in [0.4, 0.5) is 0 Å². The van der Waals surface area contributed by atoms with Crippen LogP contribution in [-0.4, -0.2) is 8.32 Å². The first-order valence-corrected chi connectivity index (χ1v) is 12.8. The van der Waals surface area contributed by atoms with Crippen molar-refractivity contribution in [2.24, 2.45) is 0 Å². The number of rotatable bonds is 7. The quantitative estimate of drug-likeness (QED) is 0.258. The summed E-state index contributed by atoms with van der Waals surface area (Å²) in [7, 11) is -1.87. The van der Waals surface area contributed by atoms with Crippen molar-refractivity contribution in [1.82, 2.24) is 0 Å². The van der Waals surface area contributed by atoms with Gasteiger partial charge in [-0.05, 0) is 42.2 Å². The summed E-state index contributed by atoms with van der Waals surface area (Å²) in [6.07, 6.45) is 5.86. The van der Waals surface area contributed by atoms with Crippen LogP contribution in [0, 0.1) is 11.8 Å². The molecule has 1 aromatic rings. The van der Waals surface area contributed by atoms with Crippen LogP contribution in [-0.2, 0) is 4.43 Å². The molecule has 1 aromatic carbocycles. The Hall–Kier alpha value is -0.563. The van der Waals surface area contributed by atoms with E-state index in [9.17, 15) is 0 Å². The maximum absolute atomic E-state index is 6.62. The third kappa shape index (κ3) is 7.13. The van der Waals surface area contributed by atoms with E-state index in [1.165, 1.54) is 25.7 Å². The number of benzene rings is 1. The predicted molar refractivity (Wildman–Crippen MR) is 112 cm³/mol. The van der Waals surface area contributed by atoms with Crippen LogP contribution in [0.25, 0.3) is 0 Å². The highest BCUT2D eigenvalue weighted by Crippen LogP contribution is 2.39. The van der Waals surface area contributed by atoms with Gasteiger partial charge < -0.3 is 4.43 Å². The molecule has 1 unspecified atom stereocenters. The molecule has 0 aliphatic rings. The number of halogens is 1. The van der Waals surface area contributed by atoms with Crippen LogP contribution >= 0.6 is 15.9 Å². The first-order chi connectivity index (χ1) is 11.2. The monoisotopic (exact) mass is 408 g/mol. The Labute approximate surface area is 158 Å². The van der Waals surface area contributed by atoms with Crippen molar-refractivity contribution in [3.63, 3.8) is 0 Å². The lowest BCUT2D eigenvalue weighted by Gasteiger charge is -2.38. The van der Waals surface area contributed by atoms with Crippen LogP contribution in [0.2, 0.25) is 18.1 Å². The molecule has 0 saturated heterocycles. The van der Waals surface area contributed by atoms with E-state index >= 15 is 0 Å². The number of unbranched alkanes of at least 4 members (excludes halogenated alkanes) is 4. The fourth-order valence-corrected chi connectivity index (χ4v) is 3.68.